The molecule has 8 heteroatoms. The number of fused-ring (bicyclic) bond motifs is 1. The van der Waals surface area contributed by atoms with Crippen LogP contribution in [0.3, 0.4) is 0 Å². The molecular weight excluding hydrogens is 326 g/mol. The summed E-state index contributed by atoms with van der Waals surface area (Å²) in [4.78, 5) is 21.7. The molecule has 1 N–H and O–H groups in total. The molecule has 1 aromatic carbocycles. The Morgan fingerprint density at radius 3 is 2.75 bits per heavy atom. The lowest BCUT2D eigenvalue weighted by atomic mass is 10.3. The van der Waals surface area contributed by atoms with Crippen LogP contribution in [0.25, 0.3) is 10.2 Å². The van der Waals surface area contributed by atoms with E-state index >= 15 is 0 Å². The molecule has 3 heterocycles. The molecule has 1 saturated heterocycles. The highest BCUT2D eigenvalue weighted by molar-refractivity contribution is 7.22. The fraction of sp³-hybridized carbons (Fsp3) is 0.250. The lowest BCUT2D eigenvalue weighted by molar-refractivity contribution is -0.384. The van der Waals surface area contributed by atoms with E-state index in [2.05, 4.69) is 20.2 Å². The molecule has 0 atom stereocenters. The summed E-state index contributed by atoms with van der Waals surface area (Å²) in [6, 6.07) is 8.68. The number of nitro benzene ring substituents is 1. The zero-order valence-corrected chi connectivity index (χ0v) is 13.6. The molecule has 3 aromatic rings. The van der Waals surface area contributed by atoms with Crippen molar-refractivity contribution < 1.29 is 4.92 Å². The smallest absolute Gasteiger partial charge is 0.270 e. The van der Waals surface area contributed by atoms with Crippen LogP contribution in [0.5, 0.6) is 0 Å². The van der Waals surface area contributed by atoms with Gasteiger partial charge < -0.3 is 10.2 Å². The van der Waals surface area contributed by atoms with E-state index in [9.17, 15) is 10.1 Å². The minimum absolute atomic E-state index is 0.0781. The number of hydrogen-bond acceptors (Lipinski definition) is 7. The van der Waals surface area contributed by atoms with Gasteiger partial charge in [0.1, 0.15) is 5.82 Å². The summed E-state index contributed by atoms with van der Waals surface area (Å²) in [5.41, 5.74) is 1.68. The number of nitrogens with one attached hydrogen (secondary N) is 1. The van der Waals surface area contributed by atoms with Gasteiger partial charge in [0.05, 0.1) is 27.0 Å². The number of nitro groups is 1. The van der Waals surface area contributed by atoms with Gasteiger partial charge in [-0.15, -0.1) is 0 Å². The van der Waals surface area contributed by atoms with Crippen molar-refractivity contribution in [1.82, 2.24) is 9.97 Å². The minimum Gasteiger partial charge on any atom is -0.357 e. The van der Waals surface area contributed by atoms with Crippen molar-refractivity contribution in [2.75, 3.05) is 23.3 Å². The van der Waals surface area contributed by atoms with E-state index < -0.39 is 4.92 Å². The maximum Gasteiger partial charge on any atom is 0.270 e. The Hall–Kier alpha value is -2.74. The zero-order chi connectivity index (χ0) is 16.5. The standard InChI is InChI=1S/C16H15N5O2S/c22-21(23)12-4-5-13-14(9-12)24-16(19-13)18-11-3-6-15(17-10-11)20-7-1-2-8-20/h3-6,9-10H,1-2,7-8H2,(H,18,19). The molecule has 1 aliphatic heterocycles. The Kier molecular flexibility index (Phi) is 3.73. The number of thiazole rings is 1. The Balaban J connectivity index is 1.54. The summed E-state index contributed by atoms with van der Waals surface area (Å²) >= 11 is 1.39. The average Bonchev–Trinajstić information content (AvgIpc) is 3.24. The molecule has 0 unspecified atom stereocenters. The largest absolute Gasteiger partial charge is 0.357 e. The summed E-state index contributed by atoms with van der Waals surface area (Å²) in [6.45, 7) is 2.13. The average molecular weight is 341 g/mol. The fourth-order valence-electron chi connectivity index (χ4n) is 2.80. The van der Waals surface area contributed by atoms with E-state index in [0.29, 0.717) is 5.13 Å². The molecule has 2 aromatic heterocycles. The highest BCUT2D eigenvalue weighted by atomic mass is 32.1. The van der Waals surface area contributed by atoms with Gasteiger partial charge in [0, 0.05) is 25.2 Å². The van der Waals surface area contributed by atoms with Crippen molar-refractivity contribution in [1.29, 1.82) is 0 Å². The van der Waals surface area contributed by atoms with Crippen LogP contribution in [0.15, 0.2) is 36.5 Å². The van der Waals surface area contributed by atoms with Crippen molar-refractivity contribution in [2.45, 2.75) is 12.8 Å². The van der Waals surface area contributed by atoms with Gasteiger partial charge in [0.15, 0.2) is 5.13 Å². The van der Waals surface area contributed by atoms with Gasteiger partial charge in [0.2, 0.25) is 0 Å². The normalized spacial score (nSPS) is 14.2. The Morgan fingerprint density at radius 2 is 2.04 bits per heavy atom. The van der Waals surface area contributed by atoms with Gasteiger partial charge in [-0.1, -0.05) is 11.3 Å². The maximum absolute atomic E-state index is 10.8. The monoisotopic (exact) mass is 341 g/mol. The SMILES string of the molecule is O=[N+]([O-])c1ccc2nc(Nc3ccc(N4CCCC4)nc3)sc2c1. The van der Waals surface area contributed by atoms with E-state index in [1.807, 2.05) is 12.1 Å². The summed E-state index contributed by atoms with van der Waals surface area (Å²) in [6.07, 6.45) is 4.24. The predicted octanol–water partition coefficient (Wildman–Crippen LogP) is 3.94. The Morgan fingerprint density at radius 1 is 1.21 bits per heavy atom. The van der Waals surface area contributed by atoms with Crippen molar-refractivity contribution in [3.8, 4) is 0 Å². The lowest BCUT2D eigenvalue weighted by Gasteiger charge is -2.16. The third kappa shape index (κ3) is 2.88. The number of anilines is 3. The Labute approximate surface area is 142 Å². The first-order valence-electron chi connectivity index (χ1n) is 7.72. The lowest BCUT2D eigenvalue weighted by Crippen LogP contribution is -2.18. The number of non-ortho nitro benzene ring substituents is 1. The van der Waals surface area contributed by atoms with Gasteiger partial charge >= 0.3 is 0 Å². The highest BCUT2D eigenvalue weighted by Crippen LogP contribution is 2.31. The topological polar surface area (TPSA) is 84.2 Å². The predicted molar refractivity (Wildman–Crippen MR) is 95.2 cm³/mol. The molecule has 24 heavy (non-hydrogen) atoms. The van der Waals surface area contributed by atoms with E-state index in [4.69, 9.17) is 0 Å². The number of hydrogen-bond donors (Lipinski definition) is 1. The van der Waals surface area contributed by atoms with Crippen molar-refractivity contribution in [3.05, 3.63) is 46.6 Å². The number of rotatable bonds is 4. The molecular formula is C16H15N5O2S. The second kappa shape index (κ2) is 6.04. The maximum atomic E-state index is 10.8. The molecule has 0 radical (unpaired) electrons. The molecule has 0 aliphatic carbocycles. The first-order chi connectivity index (χ1) is 11.7. The first kappa shape index (κ1) is 14.8. The molecule has 4 rings (SSSR count). The van der Waals surface area contributed by atoms with Crippen LogP contribution < -0.4 is 10.2 Å². The molecule has 0 amide bonds. The van der Waals surface area contributed by atoms with Crippen LogP contribution >= 0.6 is 11.3 Å². The number of aromatic nitrogens is 2. The van der Waals surface area contributed by atoms with Crippen molar-refractivity contribution >= 4 is 43.9 Å². The fourth-order valence-corrected chi connectivity index (χ4v) is 3.72. The molecule has 0 saturated carbocycles. The quantitative estimate of drug-likeness (QED) is 0.571. The number of nitrogens with zero attached hydrogens (tertiary/aromatic N) is 4. The molecule has 7 nitrogen and oxygen atoms in total. The van der Waals surface area contributed by atoms with Crippen LogP contribution in [0, 0.1) is 10.1 Å². The summed E-state index contributed by atoms with van der Waals surface area (Å²) in [5, 5.41) is 14.8. The van der Waals surface area contributed by atoms with E-state index in [0.717, 1.165) is 34.8 Å². The van der Waals surface area contributed by atoms with Crippen LogP contribution in [0.2, 0.25) is 0 Å². The van der Waals surface area contributed by atoms with Crippen molar-refractivity contribution in [3.63, 3.8) is 0 Å². The molecule has 122 valence electrons. The minimum atomic E-state index is -0.396. The van der Waals surface area contributed by atoms with Crippen LogP contribution in [-0.4, -0.2) is 28.0 Å². The highest BCUT2D eigenvalue weighted by Gasteiger charge is 2.14. The molecule has 0 bridgehead atoms. The van der Waals surface area contributed by atoms with Crippen LogP contribution in [-0.2, 0) is 0 Å². The van der Waals surface area contributed by atoms with Gasteiger partial charge in [0.25, 0.3) is 5.69 Å². The first-order valence-corrected chi connectivity index (χ1v) is 8.54. The van der Waals surface area contributed by atoms with Crippen LogP contribution in [0.4, 0.5) is 22.3 Å². The van der Waals surface area contributed by atoms with Gasteiger partial charge in [-0.3, -0.25) is 10.1 Å². The second-order valence-corrected chi connectivity index (χ2v) is 6.68. The van der Waals surface area contributed by atoms with E-state index in [-0.39, 0.29) is 5.69 Å². The summed E-state index contributed by atoms with van der Waals surface area (Å²) in [7, 11) is 0. The van der Waals surface area contributed by atoms with Crippen molar-refractivity contribution in [2.24, 2.45) is 0 Å². The third-order valence-electron chi connectivity index (χ3n) is 4.01. The second-order valence-electron chi connectivity index (χ2n) is 5.65. The molecule has 1 aliphatic rings. The number of benzene rings is 1. The van der Waals surface area contributed by atoms with Crippen LogP contribution in [0.1, 0.15) is 12.8 Å². The van der Waals surface area contributed by atoms with Gasteiger partial charge in [-0.2, -0.15) is 0 Å². The van der Waals surface area contributed by atoms with E-state index in [1.165, 1.54) is 30.2 Å². The number of pyridine rings is 1. The molecule has 0 spiro atoms. The summed E-state index contributed by atoms with van der Waals surface area (Å²) < 4.78 is 0.786. The zero-order valence-electron chi connectivity index (χ0n) is 12.8. The van der Waals surface area contributed by atoms with E-state index in [1.54, 1.807) is 18.3 Å². The molecule has 1 fully saturated rings. The Bertz CT molecular complexity index is 887. The summed E-state index contributed by atoms with van der Waals surface area (Å²) in [5.74, 6) is 0.998. The van der Waals surface area contributed by atoms with Gasteiger partial charge in [-0.25, -0.2) is 9.97 Å². The third-order valence-corrected chi connectivity index (χ3v) is 4.95. The van der Waals surface area contributed by atoms with Gasteiger partial charge in [-0.05, 0) is 31.0 Å².